The first kappa shape index (κ1) is 16.5. The number of carbonyl (C=O) groups excluding carboxylic acids is 1. The summed E-state index contributed by atoms with van der Waals surface area (Å²) in [5.74, 6) is 0.220. The fraction of sp³-hybridized carbons (Fsp3) is 0.462. The van der Waals surface area contributed by atoms with Gasteiger partial charge in [-0.2, -0.15) is 0 Å². The molecule has 0 aliphatic carbocycles. The summed E-state index contributed by atoms with van der Waals surface area (Å²) in [6, 6.07) is 5.89. The van der Waals surface area contributed by atoms with E-state index in [-0.39, 0.29) is 17.7 Å². The number of thioether (sulfide) groups is 1. The number of esters is 1. The Morgan fingerprint density at radius 2 is 2.10 bits per heavy atom. The van der Waals surface area contributed by atoms with E-state index >= 15 is 0 Å². The van der Waals surface area contributed by atoms with E-state index in [9.17, 15) is 14.9 Å². The molecule has 20 heavy (non-hydrogen) atoms. The van der Waals surface area contributed by atoms with E-state index in [1.165, 1.54) is 31.0 Å². The van der Waals surface area contributed by atoms with Gasteiger partial charge < -0.3 is 10.1 Å². The summed E-state index contributed by atoms with van der Waals surface area (Å²) in [6.45, 7) is 2.76. The highest BCUT2D eigenvalue weighted by Gasteiger charge is 2.18. The SMILES string of the molecule is CCCNC(CSc1ccc([N+](=O)[O-])cc1)C(=O)OC. The third-order valence-electron chi connectivity index (χ3n) is 2.59. The number of nitro groups is 1. The van der Waals surface area contributed by atoms with Gasteiger partial charge >= 0.3 is 5.97 Å². The summed E-state index contributed by atoms with van der Waals surface area (Å²) in [6.07, 6.45) is 0.926. The van der Waals surface area contributed by atoms with Gasteiger partial charge in [-0.25, -0.2) is 0 Å². The molecule has 110 valence electrons. The van der Waals surface area contributed by atoms with Gasteiger partial charge in [-0.05, 0) is 25.1 Å². The molecule has 1 atom stereocenters. The number of ether oxygens (including phenoxy) is 1. The molecule has 0 aliphatic rings. The topological polar surface area (TPSA) is 81.5 Å². The zero-order chi connectivity index (χ0) is 15.0. The second-order valence-corrected chi connectivity index (χ2v) is 5.19. The number of methoxy groups -OCH3 is 1. The van der Waals surface area contributed by atoms with Gasteiger partial charge in [-0.3, -0.25) is 14.9 Å². The van der Waals surface area contributed by atoms with E-state index in [0.29, 0.717) is 5.75 Å². The third-order valence-corrected chi connectivity index (χ3v) is 3.70. The van der Waals surface area contributed by atoms with Gasteiger partial charge in [0.15, 0.2) is 0 Å². The predicted molar refractivity (Wildman–Crippen MR) is 77.9 cm³/mol. The third kappa shape index (κ3) is 5.18. The molecule has 0 bridgehead atoms. The predicted octanol–water partition coefficient (Wildman–Crippen LogP) is 2.23. The smallest absolute Gasteiger partial charge is 0.323 e. The minimum Gasteiger partial charge on any atom is -0.468 e. The van der Waals surface area contributed by atoms with Gasteiger partial charge in [0.2, 0.25) is 0 Å². The van der Waals surface area contributed by atoms with Crippen LogP contribution in [0, 0.1) is 10.1 Å². The summed E-state index contributed by atoms with van der Waals surface area (Å²) in [7, 11) is 1.36. The van der Waals surface area contributed by atoms with Gasteiger partial charge in [0.05, 0.1) is 12.0 Å². The van der Waals surface area contributed by atoms with Gasteiger partial charge in [-0.1, -0.05) is 6.92 Å². The first-order chi connectivity index (χ1) is 9.58. The largest absolute Gasteiger partial charge is 0.468 e. The maximum Gasteiger partial charge on any atom is 0.323 e. The second kappa shape index (κ2) is 8.55. The van der Waals surface area contributed by atoms with Gasteiger partial charge in [0, 0.05) is 22.8 Å². The molecule has 0 fully saturated rings. The van der Waals surface area contributed by atoms with Crippen LogP contribution >= 0.6 is 11.8 Å². The minimum absolute atomic E-state index is 0.0583. The molecule has 0 radical (unpaired) electrons. The molecule has 0 amide bonds. The maximum absolute atomic E-state index is 11.6. The Morgan fingerprint density at radius 1 is 1.45 bits per heavy atom. The second-order valence-electron chi connectivity index (χ2n) is 4.09. The zero-order valence-electron chi connectivity index (χ0n) is 11.5. The fourth-order valence-corrected chi connectivity index (χ4v) is 2.46. The molecule has 0 heterocycles. The first-order valence-electron chi connectivity index (χ1n) is 6.27. The Balaban J connectivity index is 2.57. The minimum atomic E-state index is -0.436. The van der Waals surface area contributed by atoms with Crippen molar-refractivity contribution in [1.29, 1.82) is 0 Å². The monoisotopic (exact) mass is 298 g/mol. The van der Waals surface area contributed by atoms with Crippen LogP contribution in [0.1, 0.15) is 13.3 Å². The van der Waals surface area contributed by atoms with E-state index in [0.717, 1.165) is 17.9 Å². The van der Waals surface area contributed by atoms with Crippen molar-refractivity contribution in [3.05, 3.63) is 34.4 Å². The van der Waals surface area contributed by atoms with Crippen molar-refractivity contribution in [3.63, 3.8) is 0 Å². The van der Waals surface area contributed by atoms with Gasteiger partial charge in [0.25, 0.3) is 5.69 Å². The van der Waals surface area contributed by atoms with Crippen molar-refractivity contribution in [3.8, 4) is 0 Å². The van der Waals surface area contributed by atoms with Crippen molar-refractivity contribution in [2.24, 2.45) is 0 Å². The van der Waals surface area contributed by atoms with Crippen LogP contribution in [-0.4, -0.2) is 36.3 Å². The lowest BCUT2D eigenvalue weighted by Crippen LogP contribution is -2.40. The molecule has 0 spiro atoms. The van der Waals surface area contributed by atoms with Crippen LogP contribution in [0.3, 0.4) is 0 Å². The molecule has 1 N–H and O–H groups in total. The molecule has 7 heteroatoms. The Kier molecular flexibility index (Phi) is 7.03. The Morgan fingerprint density at radius 3 is 2.60 bits per heavy atom. The van der Waals surface area contributed by atoms with Crippen LogP contribution in [0.4, 0.5) is 5.69 Å². The van der Waals surface area contributed by atoms with Crippen molar-refractivity contribution in [1.82, 2.24) is 5.32 Å². The van der Waals surface area contributed by atoms with Crippen molar-refractivity contribution < 1.29 is 14.5 Å². The highest BCUT2D eigenvalue weighted by atomic mass is 32.2. The lowest BCUT2D eigenvalue weighted by atomic mass is 10.3. The lowest BCUT2D eigenvalue weighted by molar-refractivity contribution is -0.384. The van der Waals surface area contributed by atoms with Crippen LogP contribution in [0.2, 0.25) is 0 Å². The van der Waals surface area contributed by atoms with Gasteiger partial charge in [-0.15, -0.1) is 11.8 Å². The molecule has 1 unspecified atom stereocenters. The molecular formula is C13H18N2O4S. The summed E-state index contributed by atoms with van der Waals surface area (Å²) in [4.78, 5) is 22.6. The molecule has 0 saturated carbocycles. The molecule has 1 aromatic carbocycles. The first-order valence-corrected chi connectivity index (χ1v) is 7.25. The number of rotatable bonds is 8. The lowest BCUT2D eigenvalue weighted by Gasteiger charge is -2.15. The molecule has 0 aromatic heterocycles. The van der Waals surface area contributed by atoms with E-state index in [1.807, 2.05) is 6.92 Å². The number of hydrogen-bond acceptors (Lipinski definition) is 6. The van der Waals surface area contributed by atoms with Crippen LogP contribution in [0.15, 0.2) is 29.2 Å². The van der Waals surface area contributed by atoms with E-state index < -0.39 is 4.92 Å². The summed E-state index contributed by atoms with van der Waals surface area (Å²) in [5.41, 5.74) is 0.0583. The highest BCUT2D eigenvalue weighted by Crippen LogP contribution is 2.22. The highest BCUT2D eigenvalue weighted by molar-refractivity contribution is 7.99. The number of non-ortho nitro benzene ring substituents is 1. The van der Waals surface area contributed by atoms with Crippen LogP contribution < -0.4 is 5.32 Å². The zero-order valence-corrected chi connectivity index (χ0v) is 12.3. The summed E-state index contributed by atoms with van der Waals surface area (Å²) >= 11 is 1.46. The number of hydrogen-bond donors (Lipinski definition) is 1. The maximum atomic E-state index is 11.6. The summed E-state index contributed by atoms with van der Waals surface area (Å²) < 4.78 is 4.74. The average molecular weight is 298 g/mol. The molecule has 0 aliphatic heterocycles. The number of nitrogens with zero attached hydrogens (tertiary/aromatic N) is 1. The number of nitro benzene ring substituents is 1. The number of benzene rings is 1. The average Bonchev–Trinajstić information content (AvgIpc) is 2.47. The fourth-order valence-electron chi connectivity index (χ4n) is 1.51. The Labute approximate surface area is 122 Å². The normalized spacial score (nSPS) is 11.9. The number of nitrogens with one attached hydrogen (secondary N) is 1. The van der Waals surface area contributed by atoms with Crippen molar-refractivity contribution >= 4 is 23.4 Å². The van der Waals surface area contributed by atoms with E-state index in [1.54, 1.807) is 12.1 Å². The molecule has 1 rings (SSSR count). The molecular weight excluding hydrogens is 280 g/mol. The Hall–Kier alpha value is -1.60. The molecule has 1 aromatic rings. The molecule has 0 saturated heterocycles. The van der Waals surface area contributed by atoms with Gasteiger partial charge in [0.1, 0.15) is 6.04 Å². The van der Waals surface area contributed by atoms with Crippen molar-refractivity contribution in [2.75, 3.05) is 19.4 Å². The standard InChI is InChI=1S/C13H18N2O4S/c1-3-8-14-12(13(16)19-2)9-20-11-6-4-10(5-7-11)15(17)18/h4-7,12,14H,3,8-9H2,1-2H3. The van der Waals surface area contributed by atoms with E-state index in [4.69, 9.17) is 4.74 Å². The molecule has 6 nitrogen and oxygen atoms in total. The summed E-state index contributed by atoms with van der Waals surface area (Å²) in [5, 5.41) is 13.7. The van der Waals surface area contributed by atoms with Crippen LogP contribution in [0.25, 0.3) is 0 Å². The Bertz CT molecular complexity index is 450. The number of carbonyl (C=O) groups is 1. The van der Waals surface area contributed by atoms with Crippen LogP contribution in [-0.2, 0) is 9.53 Å². The van der Waals surface area contributed by atoms with E-state index in [2.05, 4.69) is 5.32 Å². The van der Waals surface area contributed by atoms with Crippen molar-refractivity contribution in [2.45, 2.75) is 24.3 Å². The van der Waals surface area contributed by atoms with Crippen LogP contribution in [0.5, 0.6) is 0 Å². The quantitative estimate of drug-likeness (QED) is 0.343.